The fourth-order valence-corrected chi connectivity index (χ4v) is 2.58. The maximum Gasteiger partial charge on any atom is 0.261 e. The smallest absolute Gasteiger partial charge is 0.261 e. The van der Waals surface area contributed by atoms with Crippen LogP contribution in [-0.4, -0.2) is 11.9 Å². The van der Waals surface area contributed by atoms with Gasteiger partial charge in [0.05, 0.1) is 6.04 Å². The largest absolute Gasteiger partial charge is 0.274 e. The average Bonchev–Trinajstić information content (AvgIpc) is 2.47. The van der Waals surface area contributed by atoms with E-state index < -0.39 is 0 Å². The Hall–Kier alpha value is -1.91. The summed E-state index contributed by atoms with van der Waals surface area (Å²) in [5.41, 5.74) is 3.56. The van der Waals surface area contributed by atoms with Crippen LogP contribution in [-0.2, 0) is 9.63 Å². The molecular formula is C16H18N2O2. The van der Waals surface area contributed by atoms with E-state index in [1.165, 1.54) is 0 Å². The first-order chi connectivity index (χ1) is 9.66. The maximum absolute atomic E-state index is 11.8. The number of hydrogen-bond acceptors (Lipinski definition) is 3. The van der Waals surface area contributed by atoms with Gasteiger partial charge in [0, 0.05) is 5.56 Å². The molecule has 1 amide bonds. The molecule has 1 aliphatic rings. The third-order valence-electron chi connectivity index (χ3n) is 3.66. The predicted octanol–water partition coefficient (Wildman–Crippen LogP) is 2.51. The molecule has 0 aliphatic carbocycles. The van der Waals surface area contributed by atoms with Crippen LogP contribution in [0.1, 0.15) is 25.6 Å². The van der Waals surface area contributed by atoms with E-state index >= 15 is 0 Å². The first-order valence-electron chi connectivity index (χ1n) is 6.86. The van der Waals surface area contributed by atoms with E-state index in [4.69, 9.17) is 4.84 Å². The van der Waals surface area contributed by atoms with Crippen LogP contribution in [0, 0.1) is 5.92 Å². The molecular weight excluding hydrogens is 252 g/mol. The monoisotopic (exact) mass is 270 g/mol. The zero-order valence-electron chi connectivity index (χ0n) is 11.6. The second kappa shape index (κ2) is 5.23. The minimum atomic E-state index is -0.328. The van der Waals surface area contributed by atoms with Crippen molar-refractivity contribution in [2.24, 2.45) is 5.92 Å². The fourth-order valence-electron chi connectivity index (χ4n) is 2.58. The summed E-state index contributed by atoms with van der Waals surface area (Å²) in [6.45, 7) is 4.03. The average molecular weight is 270 g/mol. The number of fused-ring (bicyclic) bond motifs is 1. The number of carbonyl (C=O) groups excluding carboxylic acids is 1. The molecule has 2 aromatic rings. The van der Waals surface area contributed by atoms with Crippen LogP contribution in [0.25, 0.3) is 10.8 Å². The van der Waals surface area contributed by atoms with Crippen LogP contribution < -0.4 is 10.8 Å². The summed E-state index contributed by atoms with van der Waals surface area (Å²) < 4.78 is 0. The molecule has 0 bridgehead atoms. The molecule has 4 nitrogen and oxygen atoms in total. The van der Waals surface area contributed by atoms with Gasteiger partial charge in [0.2, 0.25) is 0 Å². The van der Waals surface area contributed by atoms with Gasteiger partial charge in [0.15, 0.2) is 6.23 Å². The molecule has 0 radical (unpaired) electrons. The van der Waals surface area contributed by atoms with Gasteiger partial charge < -0.3 is 0 Å². The van der Waals surface area contributed by atoms with Gasteiger partial charge in [-0.3, -0.25) is 10.1 Å². The molecule has 3 rings (SSSR count). The number of carbonyl (C=O) groups is 1. The molecule has 1 aliphatic heterocycles. The zero-order chi connectivity index (χ0) is 14.1. The van der Waals surface area contributed by atoms with Crippen molar-refractivity contribution in [3.05, 3.63) is 48.0 Å². The minimum absolute atomic E-state index is 0.114. The van der Waals surface area contributed by atoms with Gasteiger partial charge in [-0.2, -0.15) is 0 Å². The van der Waals surface area contributed by atoms with Gasteiger partial charge in [-0.05, 0) is 16.7 Å². The maximum atomic E-state index is 11.8. The third kappa shape index (κ3) is 2.28. The normalized spacial score (nSPS) is 23.1. The zero-order valence-corrected chi connectivity index (χ0v) is 11.6. The lowest BCUT2D eigenvalue weighted by Crippen LogP contribution is -2.55. The fraction of sp³-hybridized carbons (Fsp3) is 0.312. The van der Waals surface area contributed by atoms with Crippen molar-refractivity contribution in [3.63, 3.8) is 0 Å². The van der Waals surface area contributed by atoms with Gasteiger partial charge in [-0.1, -0.05) is 56.3 Å². The molecule has 1 fully saturated rings. The Balaban J connectivity index is 1.97. The Morgan fingerprint density at radius 3 is 2.65 bits per heavy atom. The van der Waals surface area contributed by atoms with E-state index in [0.29, 0.717) is 0 Å². The van der Waals surface area contributed by atoms with Crippen molar-refractivity contribution in [3.8, 4) is 0 Å². The van der Waals surface area contributed by atoms with Crippen LogP contribution in [0.4, 0.5) is 0 Å². The van der Waals surface area contributed by atoms with E-state index in [1.807, 2.05) is 38.1 Å². The molecule has 0 spiro atoms. The van der Waals surface area contributed by atoms with Gasteiger partial charge >= 0.3 is 0 Å². The number of rotatable bonds is 2. The highest BCUT2D eigenvalue weighted by atomic mass is 16.7. The van der Waals surface area contributed by atoms with Crippen molar-refractivity contribution in [1.82, 2.24) is 10.8 Å². The molecule has 2 atom stereocenters. The number of nitrogens with one attached hydrogen (secondary N) is 2. The van der Waals surface area contributed by atoms with Gasteiger partial charge in [0.1, 0.15) is 0 Å². The molecule has 104 valence electrons. The summed E-state index contributed by atoms with van der Waals surface area (Å²) in [5, 5.41) is 5.57. The summed E-state index contributed by atoms with van der Waals surface area (Å²) in [6.07, 6.45) is -0.328. The van der Waals surface area contributed by atoms with Crippen molar-refractivity contribution in [2.45, 2.75) is 26.1 Å². The third-order valence-corrected chi connectivity index (χ3v) is 3.66. The second-order valence-electron chi connectivity index (χ2n) is 5.42. The summed E-state index contributed by atoms with van der Waals surface area (Å²) in [6, 6.07) is 14.0. The van der Waals surface area contributed by atoms with E-state index in [0.717, 1.165) is 16.3 Å². The highest BCUT2D eigenvalue weighted by molar-refractivity contribution is 5.86. The Bertz CT molecular complexity index is 634. The Morgan fingerprint density at radius 2 is 1.85 bits per heavy atom. The highest BCUT2D eigenvalue weighted by Crippen LogP contribution is 2.27. The van der Waals surface area contributed by atoms with Gasteiger partial charge in [-0.15, -0.1) is 0 Å². The molecule has 1 heterocycles. The molecule has 1 saturated heterocycles. The number of hydroxylamine groups is 1. The topological polar surface area (TPSA) is 50.4 Å². The summed E-state index contributed by atoms with van der Waals surface area (Å²) >= 11 is 0. The summed E-state index contributed by atoms with van der Waals surface area (Å²) in [4.78, 5) is 17.2. The first kappa shape index (κ1) is 13.1. The summed E-state index contributed by atoms with van der Waals surface area (Å²) in [7, 11) is 0. The van der Waals surface area contributed by atoms with E-state index in [-0.39, 0.29) is 24.1 Å². The standard InChI is InChI=1S/C16H18N2O2/c1-10(2)14-15(19)18-20-16(17-14)13-9-5-7-11-6-3-4-8-12(11)13/h3-10,14,16-17H,1-2H3,(H,18,19)/t14-,16?/m0/s1. The van der Waals surface area contributed by atoms with Crippen LogP contribution in [0.15, 0.2) is 42.5 Å². The predicted molar refractivity (Wildman–Crippen MR) is 77.7 cm³/mol. The second-order valence-corrected chi connectivity index (χ2v) is 5.42. The van der Waals surface area contributed by atoms with Crippen molar-refractivity contribution in [2.75, 3.05) is 0 Å². The van der Waals surface area contributed by atoms with Gasteiger partial charge in [0.25, 0.3) is 5.91 Å². The van der Waals surface area contributed by atoms with Crippen LogP contribution >= 0.6 is 0 Å². The SMILES string of the molecule is CC(C)[C@@H]1NC(c2cccc3ccccc23)ONC1=O. The van der Waals surface area contributed by atoms with Crippen LogP contribution in [0.2, 0.25) is 0 Å². The lowest BCUT2D eigenvalue weighted by Gasteiger charge is -2.33. The van der Waals surface area contributed by atoms with Crippen LogP contribution in [0.5, 0.6) is 0 Å². The lowest BCUT2D eigenvalue weighted by molar-refractivity contribution is -0.158. The molecule has 2 N–H and O–H groups in total. The van der Waals surface area contributed by atoms with Crippen molar-refractivity contribution in [1.29, 1.82) is 0 Å². The molecule has 4 heteroatoms. The van der Waals surface area contributed by atoms with Gasteiger partial charge in [-0.25, -0.2) is 10.3 Å². The number of amides is 1. The van der Waals surface area contributed by atoms with E-state index in [2.05, 4.69) is 29.0 Å². The van der Waals surface area contributed by atoms with E-state index in [9.17, 15) is 4.79 Å². The van der Waals surface area contributed by atoms with Crippen molar-refractivity contribution < 1.29 is 9.63 Å². The molecule has 1 unspecified atom stereocenters. The Labute approximate surface area is 118 Å². The molecule has 2 aromatic carbocycles. The molecule has 20 heavy (non-hydrogen) atoms. The number of benzene rings is 2. The lowest BCUT2D eigenvalue weighted by atomic mass is 9.99. The first-order valence-corrected chi connectivity index (χ1v) is 6.86. The van der Waals surface area contributed by atoms with Crippen molar-refractivity contribution >= 4 is 16.7 Å². The minimum Gasteiger partial charge on any atom is -0.274 e. The highest BCUT2D eigenvalue weighted by Gasteiger charge is 2.32. The van der Waals surface area contributed by atoms with E-state index in [1.54, 1.807) is 0 Å². The Kier molecular flexibility index (Phi) is 3.42. The Morgan fingerprint density at radius 1 is 1.10 bits per heavy atom. The number of hydrogen-bond donors (Lipinski definition) is 2. The van der Waals surface area contributed by atoms with Crippen LogP contribution in [0.3, 0.4) is 0 Å². The molecule has 0 saturated carbocycles. The molecule has 0 aromatic heterocycles. The summed E-state index contributed by atoms with van der Waals surface area (Å²) in [5.74, 6) is 0.0906. The quantitative estimate of drug-likeness (QED) is 0.881.